The molecule has 104 valence electrons. The average Bonchev–Trinajstić information content (AvgIpc) is 2.41. The molecule has 1 atom stereocenters. The van der Waals surface area contributed by atoms with Gasteiger partial charge >= 0.3 is 0 Å². The number of carbonyl (C=O) groups excluding carboxylic acids is 1. The van der Waals surface area contributed by atoms with E-state index in [-0.39, 0.29) is 22.4 Å². The number of benzene rings is 1. The van der Waals surface area contributed by atoms with Crippen LogP contribution in [-0.4, -0.2) is 32.1 Å². The standard InChI is InChI=1S/C12H13Cl2NO3S/c13-10-3-4-11(14)12(6-10)19(17,18)15-5-1-2-9(7-15)8-16/h3-4,6,8-9H,1-2,5,7H2. The minimum absolute atomic E-state index is 0.00628. The fourth-order valence-corrected chi connectivity index (χ4v) is 4.39. The lowest BCUT2D eigenvalue weighted by molar-refractivity contribution is -0.112. The van der Waals surface area contributed by atoms with Gasteiger partial charge in [-0.1, -0.05) is 23.2 Å². The van der Waals surface area contributed by atoms with E-state index in [2.05, 4.69) is 0 Å². The monoisotopic (exact) mass is 321 g/mol. The van der Waals surface area contributed by atoms with E-state index in [9.17, 15) is 13.2 Å². The SMILES string of the molecule is O=CC1CCCN(S(=O)(=O)c2cc(Cl)ccc2Cl)C1. The highest BCUT2D eigenvalue weighted by Crippen LogP contribution is 2.29. The Balaban J connectivity index is 2.36. The van der Waals surface area contributed by atoms with Crippen LogP contribution in [0.3, 0.4) is 0 Å². The zero-order chi connectivity index (χ0) is 14.0. The first-order chi connectivity index (χ1) is 8.95. The second-order valence-electron chi connectivity index (χ2n) is 4.48. The summed E-state index contributed by atoms with van der Waals surface area (Å²) >= 11 is 11.8. The lowest BCUT2D eigenvalue weighted by Gasteiger charge is -2.29. The first-order valence-electron chi connectivity index (χ1n) is 5.85. The van der Waals surface area contributed by atoms with Crippen LogP contribution in [0.1, 0.15) is 12.8 Å². The van der Waals surface area contributed by atoms with E-state index in [0.29, 0.717) is 18.0 Å². The maximum Gasteiger partial charge on any atom is 0.244 e. The number of sulfonamides is 1. The molecule has 19 heavy (non-hydrogen) atoms. The van der Waals surface area contributed by atoms with E-state index < -0.39 is 10.0 Å². The number of nitrogens with zero attached hydrogens (tertiary/aromatic N) is 1. The van der Waals surface area contributed by atoms with Gasteiger partial charge in [-0.15, -0.1) is 0 Å². The molecule has 0 amide bonds. The van der Waals surface area contributed by atoms with Crippen LogP contribution in [0.25, 0.3) is 0 Å². The zero-order valence-electron chi connectivity index (χ0n) is 10.1. The lowest BCUT2D eigenvalue weighted by Crippen LogP contribution is -2.40. The van der Waals surface area contributed by atoms with Crippen molar-refractivity contribution in [3.8, 4) is 0 Å². The molecule has 0 saturated carbocycles. The molecule has 7 heteroatoms. The van der Waals surface area contributed by atoms with Crippen molar-refractivity contribution in [1.29, 1.82) is 0 Å². The smallest absolute Gasteiger partial charge is 0.244 e. The third-order valence-electron chi connectivity index (χ3n) is 3.12. The molecule has 1 aromatic carbocycles. The number of hydrogen-bond donors (Lipinski definition) is 0. The van der Waals surface area contributed by atoms with Crippen molar-refractivity contribution < 1.29 is 13.2 Å². The summed E-state index contributed by atoms with van der Waals surface area (Å²) in [7, 11) is -3.70. The van der Waals surface area contributed by atoms with E-state index in [1.54, 1.807) is 0 Å². The van der Waals surface area contributed by atoms with E-state index in [4.69, 9.17) is 23.2 Å². The molecule has 4 nitrogen and oxygen atoms in total. The fraction of sp³-hybridized carbons (Fsp3) is 0.417. The third kappa shape index (κ3) is 3.11. The Bertz CT molecular complexity index is 589. The lowest BCUT2D eigenvalue weighted by atomic mass is 10.0. The Labute approximate surface area is 122 Å². The third-order valence-corrected chi connectivity index (χ3v) is 5.71. The quantitative estimate of drug-likeness (QED) is 0.804. The van der Waals surface area contributed by atoms with Gasteiger partial charge in [-0.3, -0.25) is 0 Å². The molecule has 1 saturated heterocycles. The van der Waals surface area contributed by atoms with Gasteiger partial charge in [-0.2, -0.15) is 4.31 Å². The predicted octanol–water partition coefficient (Wildman–Crippen LogP) is 2.59. The molecular weight excluding hydrogens is 309 g/mol. The molecule has 1 unspecified atom stereocenters. The molecule has 1 aliphatic rings. The van der Waals surface area contributed by atoms with Crippen molar-refractivity contribution in [3.05, 3.63) is 28.2 Å². The second kappa shape index (κ2) is 5.79. The largest absolute Gasteiger partial charge is 0.303 e. The Kier molecular flexibility index (Phi) is 4.50. The number of rotatable bonds is 3. The Morgan fingerprint density at radius 3 is 2.74 bits per heavy atom. The number of carbonyl (C=O) groups is 1. The molecular formula is C12H13Cl2NO3S. The van der Waals surface area contributed by atoms with Crippen molar-refractivity contribution in [2.75, 3.05) is 13.1 Å². The van der Waals surface area contributed by atoms with E-state index in [0.717, 1.165) is 12.7 Å². The van der Waals surface area contributed by atoms with Crippen LogP contribution >= 0.6 is 23.2 Å². The maximum atomic E-state index is 12.5. The van der Waals surface area contributed by atoms with Gasteiger partial charge in [-0.25, -0.2) is 8.42 Å². The van der Waals surface area contributed by atoms with Crippen molar-refractivity contribution in [1.82, 2.24) is 4.31 Å². The van der Waals surface area contributed by atoms with E-state index >= 15 is 0 Å². The summed E-state index contributed by atoms with van der Waals surface area (Å²) in [4.78, 5) is 10.8. The van der Waals surface area contributed by atoms with Gasteiger partial charge in [0.1, 0.15) is 11.2 Å². The predicted molar refractivity (Wildman–Crippen MR) is 74.0 cm³/mol. The first kappa shape index (κ1) is 14.8. The Morgan fingerprint density at radius 1 is 1.32 bits per heavy atom. The molecule has 2 rings (SSSR count). The van der Waals surface area contributed by atoms with E-state index in [1.165, 1.54) is 22.5 Å². The van der Waals surface area contributed by atoms with Gasteiger partial charge in [0.05, 0.1) is 5.02 Å². The minimum Gasteiger partial charge on any atom is -0.303 e. The van der Waals surface area contributed by atoms with Gasteiger partial charge in [0.2, 0.25) is 10.0 Å². The van der Waals surface area contributed by atoms with Crippen molar-refractivity contribution >= 4 is 39.5 Å². The maximum absolute atomic E-state index is 12.5. The van der Waals surface area contributed by atoms with E-state index in [1.807, 2.05) is 0 Å². The van der Waals surface area contributed by atoms with Crippen LogP contribution in [0.2, 0.25) is 10.0 Å². The molecule has 0 aromatic heterocycles. The molecule has 1 aliphatic heterocycles. The summed E-state index contributed by atoms with van der Waals surface area (Å²) in [6.07, 6.45) is 2.20. The molecule has 1 heterocycles. The minimum atomic E-state index is -3.70. The zero-order valence-corrected chi connectivity index (χ0v) is 12.4. The molecule has 0 bridgehead atoms. The molecule has 0 N–H and O–H groups in total. The molecule has 0 aliphatic carbocycles. The summed E-state index contributed by atoms with van der Waals surface area (Å²) < 4.78 is 26.3. The first-order valence-corrected chi connectivity index (χ1v) is 8.05. The topological polar surface area (TPSA) is 54.5 Å². The normalized spacial score (nSPS) is 21.3. The van der Waals surface area contributed by atoms with Crippen LogP contribution in [-0.2, 0) is 14.8 Å². The highest BCUT2D eigenvalue weighted by Gasteiger charge is 2.31. The number of halogens is 2. The van der Waals surface area contributed by atoms with Crippen LogP contribution in [0.5, 0.6) is 0 Å². The summed E-state index contributed by atoms with van der Waals surface area (Å²) in [6, 6.07) is 4.33. The van der Waals surface area contributed by atoms with Crippen LogP contribution < -0.4 is 0 Å². The molecule has 1 fully saturated rings. The Hall–Kier alpha value is -0.620. The van der Waals surface area contributed by atoms with Gasteiger partial charge in [0.15, 0.2) is 0 Å². The average molecular weight is 322 g/mol. The summed E-state index contributed by atoms with van der Waals surface area (Å²) in [5.41, 5.74) is 0. The van der Waals surface area contributed by atoms with Gasteiger partial charge < -0.3 is 4.79 Å². The van der Waals surface area contributed by atoms with Gasteiger partial charge in [0, 0.05) is 24.0 Å². The highest BCUT2D eigenvalue weighted by molar-refractivity contribution is 7.89. The summed E-state index contributed by atoms with van der Waals surface area (Å²) in [5.74, 6) is -0.249. The number of hydrogen-bond acceptors (Lipinski definition) is 3. The second-order valence-corrected chi connectivity index (χ2v) is 7.23. The Morgan fingerprint density at radius 2 is 2.05 bits per heavy atom. The number of piperidine rings is 1. The molecule has 0 spiro atoms. The number of aldehydes is 1. The molecule has 0 radical (unpaired) electrons. The van der Waals surface area contributed by atoms with Gasteiger partial charge in [-0.05, 0) is 31.0 Å². The fourth-order valence-electron chi connectivity index (χ4n) is 2.12. The molecule has 1 aromatic rings. The van der Waals surface area contributed by atoms with Crippen molar-refractivity contribution in [2.45, 2.75) is 17.7 Å². The van der Waals surface area contributed by atoms with Crippen molar-refractivity contribution in [3.63, 3.8) is 0 Å². The van der Waals surface area contributed by atoms with Crippen LogP contribution in [0.4, 0.5) is 0 Å². The summed E-state index contributed by atoms with van der Waals surface area (Å²) in [5, 5.41) is 0.449. The van der Waals surface area contributed by atoms with Crippen LogP contribution in [0.15, 0.2) is 23.1 Å². The van der Waals surface area contributed by atoms with Crippen molar-refractivity contribution in [2.24, 2.45) is 5.92 Å². The van der Waals surface area contributed by atoms with Crippen LogP contribution in [0, 0.1) is 5.92 Å². The summed E-state index contributed by atoms with van der Waals surface area (Å²) in [6.45, 7) is 0.601. The van der Waals surface area contributed by atoms with Gasteiger partial charge in [0.25, 0.3) is 0 Å². The highest BCUT2D eigenvalue weighted by atomic mass is 35.5.